The van der Waals surface area contributed by atoms with E-state index in [4.69, 9.17) is 9.84 Å². The van der Waals surface area contributed by atoms with Gasteiger partial charge in [0.25, 0.3) is 0 Å². The van der Waals surface area contributed by atoms with Crippen LogP contribution < -0.4 is 0 Å². The lowest BCUT2D eigenvalue weighted by atomic mass is 10.1. The molecule has 0 heterocycles. The van der Waals surface area contributed by atoms with Gasteiger partial charge in [0, 0.05) is 0 Å². The minimum Gasteiger partial charge on any atom is -0.478 e. The first-order chi connectivity index (χ1) is 13.7. The van der Waals surface area contributed by atoms with Crippen LogP contribution in [0.1, 0.15) is 105 Å². The van der Waals surface area contributed by atoms with Crippen molar-refractivity contribution in [3.8, 4) is 0 Å². The second kappa shape index (κ2) is 15.9. The van der Waals surface area contributed by atoms with Crippen LogP contribution in [-0.4, -0.2) is 23.7 Å². The molecule has 4 nitrogen and oxygen atoms in total. The zero-order valence-electron chi connectivity index (χ0n) is 17.3. The van der Waals surface area contributed by atoms with Crippen LogP contribution in [0.3, 0.4) is 0 Å². The summed E-state index contributed by atoms with van der Waals surface area (Å²) >= 11 is 0. The minimum atomic E-state index is -1.11. The molecule has 0 saturated heterocycles. The summed E-state index contributed by atoms with van der Waals surface area (Å²) in [6.07, 6.45) is 19.0. The fraction of sp³-hybridized carbons (Fsp3) is 0.583. The monoisotopic (exact) mass is 388 g/mol. The highest BCUT2D eigenvalue weighted by atomic mass is 16.5. The molecule has 1 aromatic rings. The van der Waals surface area contributed by atoms with Crippen LogP contribution in [0, 0.1) is 0 Å². The molecule has 0 aliphatic rings. The van der Waals surface area contributed by atoms with E-state index in [2.05, 4.69) is 19.1 Å². The highest BCUT2D eigenvalue weighted by Crippen LogP contribution is 2.12. The van der Waals surface area contributed by atoms with E-state index in [9.17, 15) is 9.59 Å². The van der Waals surface area contributed by atoms with Crippen molar-refractivity contribution in [3.63, 3.8) is 0 Å². The largest absolute Gasteiger partial charge is 0.478 e. The summed E-state index contributed by atoms with van der Waals surface area (Å²) in [5.41, 5.74) is 0.110. The molecule has 0 amide bonds. The van der Waals surface area contributed by atoms with Crippen molar-refractivity contribution in [1.29, 1.82) is 0 Å². The van der Waals surface area contributed by atoms with Crippen LogP contribution in [-0.2, 0) is 4.74 Å². The number of hydrogen-bond donors (Lipinski definition) is 1. The smallest absolute Gasteiger partial charge is 0.339 e. The molecule has 1 N–H and O–H groups in total. The first-order valence-electron chi connectivity index (χ1n) is 10.8. The highest BCUT2D eigenvalue weighted by Gasteiger charge is 2.16. The van der Waals surface area contributed by atoms with Crippen LogP contribution in [0.2, 0.25) is 0 Å². The second-order valence-electron chi connectivity index (χ2n) is 7.22. The minimum absolute atomic E-state index is 0.0102. The van der Waals surface area contributed by atoms with Gasteiger partial charge in [0.1, 0.15) is 0 Å². The molecule has 1 aromatic carbocycles. The fourth-order valence-corrected chi connectivity index (χ4v) is 3.07. The van der Waals surface area contributed by atoms with Gasteiger partial charge in [-0.2, -0.15) is 0 Å². The molecule has 0 bridgehead atoms. The predicted octanol–water partition coefficient (Wildman–Crippen LogP) is 6.80. The number of carboxylic acid groups (broad SMARTS) is 1. The molecule has 4 heteroatoms. The Kier molecular flexibility index (Phi) is 13.6. The Morgan fingerprint density at radius 1 is 0.821 bits per heavy atom. The maximum Gasteiger partial charge on any atom is 0.339 e. The number of carbonyl (C=O) groups excluding carboxylic acids is 1. The molecule has 0 aliphatic carbocycles. The van der Waals surface area contributed by atoms with Crippen LogP contribution in [0.4, 0.5) is 0 Å². The Morgan fingerprint density at radius 2 is 1.36 bits per heavy atom. The average Bonchev–Trinajstić information content (AvgIpc) is 2.70. The fourth-order valence-electron chi connectivity index (χ4n) is 3.07. The quantitative estimate of drug-likeness (QED) is 0.192. The van der Waals surface area contributed by atoms with E-state index in [0.717, 1.165) is 19.3 Å². The SMILES string of the molecule is CCCC/C=C/CCCCCCCCCCOC(=O)c1ccccc1C(=O)O. The number of benzene rings is 1. The van der Waals surface area contributed by atoms with Crippen LogP contribution in [0.5, 0.6) is 0 Å². The maximum absolute atomic E-state index is 12.0. The normalized spacial score (nSPS) is 11.0. The third-order valence-corrected chi connectivity index (χ3v) is 4.77. The van der Waals surface area contributed by atoms with Crippen molar-refractivity contribution < 1.29 is 19.4 Å². The summed E-state index contributed by atoms with van der Waals surface area (Å²) in [6, 6.07) is 6.16. The summed E-state index contributed by atoms with van der Waals surface area (Å²) in [7, 11) is 0. The van der Waals surface area contributed by atoms with Gasteiger partial charge in [-0.25, -0.2) is 9.59 Å². The third-order valence-electron chi connectivity index (χ3n) is 4.77. The van der Waals surface area contributed by atoms with Crippen molar-refractivity contribution in [3.05, 3.63) is 47.5 Å². The third kappa shape index (κ3) is 10.9. The Bertz CT molecular complexity index is 592. The van der Waals surface area contributed by atoms with Gasteiger partial charge in [-0.15, -0.1) is 0 Å². The number of aromatic carboxylic acids is 1. The first kappa shape index (κ1) is 23.9. The summed E-state index contributed by atoms with van der Waals surface area (Å²) in [5, 5.41) is 9.11. The average molecular weight is 389 g/mol. The molecular formula is C24H36O4. The van der Waals surface area contributed by atoms with Crippen molar-refractivity contribution in [1.82, 2.24) is 0 Å². The van der Waals surface area contributed by atoms with Gasteiger partial charge in [-0.1, -0.05) is 82.6 Å². The molecule has 0 atom stereocenters. The molecule has 0 aromatic heterocycles. The van der Waals surface area contributed by atoms with E-state index >= 15 is 0 Å². The van der Waals surface area contributed by atoms with E-state index in [1.165, 1.54) is 69.9 Å². The summed E-state index contributed by atoms with van der Waals surface area (Å²) in [5.74, 6) is -1.66. The van der Waals surface area contributed by atoms with Gasteiger partial charge in [-0.05, 0) is 37.8 Å². The number of rotatable bonds is 16. The van der Waals surface area contributed by atoms with Gasteiger partial charge in [0.15, 0.2) is 0 Å². The highest BCUT2D eigenvalue weighted by molar-refractivity contribution is 6.02. The Labute approximate surface area is 170 Å². The van der Waals surface area contributed by atoms with Crippen molar-refractivity contribution in [2.45, 2.75) is 84.0 Å². The van der Waals surface area contributed by atoms with Crippen molar-refractivity contribution in [2.75, 3.05) is 6.61 Å². The lowest BCUT2D eigenvalue weighted by Gasteiger charge is -2.07. The number of unbranched alkanes of at least 4 members (excludes halogenated alkanes) is 10. The Morgan fingerprint density at radius 3 is 1.96 bits per heavy atom. The number of carbonyl (C=O) groups is 2. The summed E-state index contributed by atoms with van der Waals surface area (Å²) in [4.78, 5) is 23.1. The number of esters is 1. The topological polar surface area (TPSA) is 63.6 Å². The van der Waals surface area contributed by atoms with Gasteiger partial charge in [0.05, 0.1) is 17.7 Å². The number of hydrogen-bond acceptors (Lipinski definition) is 3. The zero-order chi connectivity index (χ0) is 20.5. The van der Waals surface area contributed by atoms with Crippen LogP contribution >= 0.6 is 0 Å². The molecule has 0 aliphatic heterocycles. The lowest BCUT2D eigenvalue weighted by molar-refractivity contribution is 0.0487. The molecule has 0 spiro atoms. The number of allylic oxidation sites excluding steroid dienone is 2. The maximum atomic E-state index is 12.0. The van der Waals surface area contributed by atoms with E-state index in [1.54, 1.807) is 12.1 Å². The van der Waals surface area contributed by atoms with Gasteiger partial charge < -0.3 is 9.84 Å². The Balaban J connectivity index is 1.98. The Hall–Kier alpha value is -2.10. The van der Waals surface area contributed by atoms with Crippen LogP contribution in [0.25, 0.3) is 0 Å². The summed E-state index contributed by atoms with van der Waals surface area (Å²) < 4.78 is 5.22. The number of ether oxygens (including phenoxy) is 1. The predicted molar refractivity (Wildman–Crippen MR) is 114 cm³/mol. The van der Waals surface area contributed by atoms with Gasteiger partial charge in [0.2, 0.25) is 0 Å². The first-order valence-corrected chi connectivity index (χ1v) is 10.8. The van der Waals surface area contributed by atoms with E-state index < -0.39 is 11.9 Å². The van der Waals surface area contributed by atoms with Crippen LogP contribution in [0.15, 0.2) is 36.4 Å². The summed E-state index contributed by atoms with van der Waals surface area (Å²) in [6.45, 7) is 2.57. The number of carboxylic acids is 1. The van der Waals surface area contributed by atoms with E-state index in [-0.39, 0.29) is 11.1 Å². The van der Waals surface area contributed by atoms with E-state index in [0.29, 0.717) is 6.61 Å². The standard InChI is InChI=1S/C24H36O4/c1-2-3-4-5-6-7-8-9-10-11-12-13-14-17-20-28-24(27)22-19-16-15-18-21(22)23(25)26/h5-6,15-16,18-19H,2-4,7-14,17,20H2,1H3,(H,25,26)/b6-5+. The van der Waals surface area contributed by atoms with Crippen molar-refractivity contribution in [2.24, 2.45) is 0 Å². The molecule has 0 saturated carbocycles. The van der Waals surface area contributed by atoms with E-state index in [1.807, 2.05) is 0 Å². The molecule has 156 valence electrons. The molecular weight excluding hydrogens is 352 g/mol. The van der Waals surface area contributed by atoms with Gasteiger partial charge in [-0.3, -0.25) is 0 Å². The lowest BCUT2D eigenvalue weighted by Crippen LogP contribution is -2.12. The molecule has 1 rings (SSSR count). The van der Waals surface area contributed by atoms with Crippen molar-refractivity contribution >= 4 is 11.9 Å². The van der Waals surface area contributed by atoms with Gasteiger partial charge >= 0.3 is 11.9 Å². The molecule has 0 fully saturated rings. The molecule has 0 unspecified atom stereocenters. The zero-order valence-corrected chi connectivity index (χ0v) is 17.3. The molecule has 0 radical (unpaired) electrons. The molecule has 28 heavy (non-hydrogen) atoms. The second-order valence-corrected chi connectivity index (χ2v) is 7.22.